The van der Waals surface area contributed by atoms with Gasteiger partial charge in [-0.2, -0.15) is 0 Å². The molecule has 27 heavy (non-hydrogen) atoms. The molecule has 3 aromatic rings. The minimum Gasteiger partial charge on any atom is -0.302 e. The monoisotopic (exact) mass is 398 g/mol. The Bertz CT molecular complexity index is 1040. The van der Waals surface area contributed by atoms with E-state index in [1.807, 2.05) is 24.3 Å². The van der Waals surface area contributed by atoms with E-state index in [9.17, 15) is 9.18 Å². The maximum Gasteiger partial charge on any atom is 0.277 e. The molecule has 0 unspecified atom stereocenters. The largest absolute Gasteiger partial charge is 0.302 e. The van der Waals surface area contributed by atoms with Crippen LogP contribution < -0.4 is 4.90 Å². The highest BCUT2D eigenvalue weighted by Gasteiger charge is 2.34. The van der Waals surface area contributed by atoms with Crippen LogP contribution in [0, 0.1) is 5.82 Å². The Labute approximate surface area is 165 Å². The van der Waals surface area contributed by atoms with E-state index in [1.54, 1.807) is 23.1 Å². The van der Waals surface area contributed by atoms with Gasteiger partial charge in [-0.05, 0) is 42.5 Å². The SMILES string of the molecule is O=C1C(=Nc2ccc(F)cc2)c2ccccc2N1Cc1c(Cl)cccc1Cl. The number of hydrogen-bond donors (Lipinski definition) is 0. The van der Waals surface area contributed by atoms with Crippen LogP contribution in [-0.2, 0) is 11.3 Å². The summed E-state index contributed by atoms with van der Waals surface area (Å²) < 4.78 is 13.1. The van der Waals surface area contributed by atoms with Crippen LogP contribution in [0.2, 0.25) is 10.0 Å². The van der Waals surface area contributed by atoms with Crippen molar-refractivity contribution in [1.82, 2.24) is 0 Å². The predicted octanol–water partition coefficient (Wildman–Crippen LogP) is 5.80. The summed E-state index contributed by atoms with van der Waals surface area (Å²) >= 11 is 12.6. The quantitative estimate of drug-likeness (QED) is 0.548. The first-order valence-electron chi connectivity index (χ1n) is 8.23. The number of rotatable bonds is 3. The Morgan fingerprint density at radius 1 is 0.889 bits per heavy atom. The molecule has 0 aromatic heterocycles. The third-order valence-electron chi connectivity index (χ3n) is 4.34. The molecule has 0 N–H and O–H groups in total. The zero-order valence-corrected chi connectivity index (χ0v) is 15.5. The zero-order valence-electron chi connectivity index (χ0n) is 14.0. The number of amides is 1. The van der Waals surface area contributed by atoms with Crippen molar-refractivity contribution in [2.24, 2.45) is 4.99 Å². The molecule has 0 radical (unpaired) electrons. The van der Waals surface area contributed by atoms with Crippen molar-refractivity contribution >= 4 is 46.2 Å². The molecule has 0 saturated heterocycles. The molecule has 0 bridgehead atoms. The standard InChI is InChI=1S/C21H13Cl2FN2O/c22-17-5-3-6-18(23)16(17)12-26-19-7-2-1-4-15(19)20(21(26)27)25-14-10-8-13(24)9-11-14/h1-11H,12H2. The number of carbonyl (C=O) groups excluding carboxylic acids is 1. The topological polar surface area (TPSA) is 32.7 Å². The molecule has 0 aliphatic carbocycles. The van der Waals surface area contributed by atoms with Gasteiger partial charge >= 0.3 is 0 Å². The summed E-state index contributed by atoms with van der Waals surface area (Å²) in [5.74, 6) is -0.608. The summed E-state index contributed by atoms with van der Waals surface area (Å²) in [6.07, 6.45) is 0. The van der Waals surface area contributed by atoms with E-state index in [2.05, 4.69) is 4.99 Å². The minimum atomic E-state index is -0.355. The summed E-state index contributed by atoms with van der Waals surface area (Å²) in [4.78, 5) is 19.1. The van der Waals surface area contributed by atoms with Gasteiger partial charge in [0.2, 0.25) is 0 Å². The fraction of sp³-hybridized carbons (Fsp3) is 0.0476. The fourth-order valence-electron chi connectivity index (χ4n) is 3.01. The molecule has 1 heterocycles. The van der Waals surface area contributed by atoms with Crippen molar-refractivity contribution in [3.05, 3.63) is 93.7 Å². The van der Waals surface area contributed by atoms with Crippen LogP contribution in [0.5, 0.6) is 0 Å². The van der Waals surface area contributed by atoms with E-state index < -0.39 is 0 Å². The van der Waals surface area contributed by atoms with Crippen molar-refractivity contribution in [3.8, 4) is 0 Å². The third-order valence-corrected chi connectivity index (χ3v) is 5.05. The van der Waals surface area contributed by atoms with Gasteiger partial charge in [-0.1, -0.05) is 47.5 Å². The van der Waals surface area contributed by atoms with Gasteiger partial charge in [0, 0.05) is 21.2 Å². The van der Waals surface area contributed by atoms with Crippen LogP contribution in [0.4, 0.5) is 15.8 Å². The second-order valence-electron chi connectivity index (χ2n) is 6.05. The van der Waals surface area contributed by atoms with Gasteiger partial charge in [0.25, 0.3) is 5.91 Å². The molecule has 0 saturated carbocycles. The second-order valence-corrected chi connectivity index (χ2v) is 6.86. The van der Waals surface area contributed by atoms with Crippen LogP contribution in [0.3, 0.4) is 0 Å². The van der Waals surface area contributed by atoms with Gasteiger partial charge in [0.1, 0.15) is 11.5 Å². The minimum absolute atomic E-state index is 0.233. The van der Waals surface area contributed by atoms with E-state index >= 15 is 0 Å². The number of benzene rings is 3. The number of aliphatic imine (C=N–C) groups is 1. The van der Waals surface area contributed by atoms with E-state index in [1.165, 1.54) is 24.3 Å². The van der Waals surface area contributed by atoms with Crippen LogP contribution >= 0.6 is 23.2 Å². The van der Waals surface area contributed by atoms with E-state index in [4.69, 9.17) is 23.2 Å². The summed E-state index contributed by atoms with van der Waals surface area (Å²) in [6.45, 7) is 0.233. The maximum atomic E-state index is 13.1. The highest BCUT2D eigenvalue weighted by atomic mass is 35.5. The molecule has 1 amide bonds. The van der Waals surface area contributed by atoms with Crippen LogP contribution in [-0.4, -0.2) is 11.6 Å². The lowest BCUT2D eigenvalue weighted by Crippen LogP contribution is -2.29. The van der Waals surface area contributed by atoms with Crippen molar-refractivity contribution < 1.29 is 9.18 Å². The fourth-order valence-corrected chi connectivity index (χ4v) is 3.53. The highest BCUT2D eigenvalue weighted by Crippen LogP contribution is 2.34. The average Bonchev–Trinajstić information content (AvgIpc) is 2.92. The number of para-hydroxylation sites is 1. The molecule has 1 aliphatic heterocycles. The second kappa shape index (κ2) is 7.14. The zero-order chi connectivity index (χ0) is 19.0. The molecule has 134 valence electrons. The van der Waals surface area contributed by atoms with Crippen molar-refractivity contribution in [3.63, 3.8) is 0 Å². The molecule has 0 spiro atoms. The van der Waals surface area contributed by atoms with Gasteiger partial charge in [-0.25, -0.2) is 9.38 Å². The van der Waals surface area contributed by atoms with E-state index in [0.29, 0.717) is 27.0 Å². The molecule has 6 heteroatoms. The number of fused-ring (bicyclic) bond motifs is 1. The number of anilines is 1. The first-order chi connectivity index (χ1) is 13.0. The summed E-state index contributed by atoms with van der Waals surface area (Å²) in [6, 6.07) is 18.3. The van der Waals surface area contributed by atoms with Crippen molar-refractivity contribution in [2.75, 3.05) is 4.90 Å². The first-order valence-corrected chi connectivity index (χ1v) is 8.98. The molecule has 0 atom stereocenters. The Balaban J connectivity index is 1.77. The number of nitrogens with zero attached hydrogens (tertiary/aromatic N) is 2. The Kier molecular flexibility index (Phi) is 4.68. The Morgan fingerprint density at radius 3 is 2.26 bits per heavy atom. The van der Waals surface area contributed by atoms with Crippen molar-refractivity contribution in [2.45, 2.75) is 6.54 Å². The predicted molar refractivity (Wildman–Crippen MR) is 107 cm³/mol. The lowest BCUT2D eigenvalue weighted by Gasteiger charge is -2.18. The summed E-state index contributed by atoms with van der Waals surface area (Å²) in [5, 5.41) is 0.994. The van der Waals surface area contributed by atoms with Gasteiger partial charge in [0.15, 0.2) is 0 Å². The third kappa shape index (κ3) is 3.34. The van der Waals surface area contributed by atoms with Gasteiger partial charge in [0.05, 0.1) is 17.9 Å². The Hall–Kier alpha value is -2.69. The Morgan fingerprint density at radius 2 is 1.56 bits per heavy atom. The van der Waals surface area contributed by atoms with Gasteiger partial charge in [-0.3, -0.25) is 4.79 Å². The van der Waals surface area contributed by atoms with E-state index in [-0.39, 0.29) is 18.3 Å². The molecule has 4 rings (SSSR count). The lowest BCUT2D eigenvalue weighted by molar-refractivity contribution is -0.112. The van der Waals surface area contributed by atoms with Crippen LogP contribution in [0.1, 0.15) is 11.1 Å². The van der Waals surface area contributed by atoms with Crippen LogP contribution in [0.15, 0.2) is 71.7 Å². The van der Waals surface area contributed by atoms with Crippen LogP contribution in [0.25, 0.3) is 0 Å². The van der Waals surface area contributed by atoms with Gasteiger partial charge < -0.3 is 4.90 Å². The highest BCUT2D eigenvalue weighted by molar-refractivity contribution is 6.54. The average molecular weight is 399 g/mol. The first kappa shape index (κ1) is 17.7. The smallest absolute Gasteiger partial charge is 0.277 e. The number of halogens is 3. The normalized spacial score (nSPS) is 14.7. The molecule has 0 fully saturated rings. The van der Waals surface area contributed by atoms with Crippen molar-refractivity contribution in [1.29, 1.82) is 0 Å². The molecule has 1 aliphatic rings. The summed E-state index contributed by atoms with van der Waals surface area (Å²) in [5.41, 5.74) is 2.94. The van der Waals surface area contributed by atoms with Gasteiger partial charge in [-0.15, -0.1) is 0 Å². The van der Waals surface area contributed by atoms with E-state index in [0.717, 1.165) is 11.3 Å². The number of hydrogen-bond acceptors (Lipinski definition) is 2. The lowest BCUT2D eigenvalue weighted by atomic mass is 10.1. The molecule has 3 aromatic carbocycles. The molecular weight excluding hydrogens is 386 g/mol. The molecule has 3 nitrogen and oxygen atoms in total. The maximum absolute atomic E-state index is 13.1. The summed E-state index contributed by atoms with van der Waals surface area (Å²) in [7, 11) is 0. The number of carbonyl (C=O) groups is 1. The molecular formula is C21H13Cl2FN2O.